The first-order valence-electron chi connectivity index (χ1n) is 8.01. The molecule has 1 fully saturated rings. The Bertz CT molecular complexity index is 622. The topological polar surface area (TPSA) is 15.3 Å². The van der Waals surface area contributed by atoms with Crippen molar-refractivity contribution in [1.82, 2.24) is 10.2 Å². The lowest BCUT2D eigenvalue weighted by molar-refractivity contribution is 0.306. The number of nitrogens with one attached hydrogen (secondary N) is 1. The van der Waals surface area contributed by atoms with E-state index in [2.05, 4.69) is 66.6 Å². The van der Waals surface area contributed by atoms with Crippen LogP contribution in [0.25, 0.3) is 0 Å². The highest BCUT2D eigenvalue weighted by Gasteiger charge is 2.17. The minimum Gasteiger partial charge on any atom is -0.368 e. The zero-order chi connectivity index (χ0) is 15.4. The van der Waals surface area contributed by atoms with E-state index >= 15 is 0 Å². The summed E-state index contributed by atoms with van der Waals surface area (Å²) < 4.78 is 0. The normalized spacial score (nSPS) is 18.7. The molecule has 1 aromatic rings. The molecule has 1 N–H and O–H groups in total. The lowest BCUT2D eigenvalue weighted by atomic mass is 10.2. The van der Waals surface area contributed by atoms with Gasteiger partial charge >= 0.3 is 0 Å². The molecule has 0 aromatic heterocycles. The van der Waals surface area contributed by atoms with Gasteiger partial charge in [0, 0.05) is 41.7 Å². The van der Waals surface area contributed by atoms with Crippen LogP contribution in [0.2, 0.25) is 0 Å². The van der Waals surface area contributed by atoms with E-state index in [9.17, 15) is 0 Å². The molecule has 1 aliphatic heterocycles. The third-order valence-corrected chi connectivity index (χ3v) is 5.41. The first kappa shape index (κ1) is 15.4. The Hall–Kier alpha value is -1.45. The smallest absolute Gasteiger partial charge is 0.0470 e. The number of thioether (sulfide) groups is 1. The van der Waals surface area contributed by atoms with E-state index in [0.29, 0.717) is 0 Å². The van der Waals surface area contributed by atoms with Crippen molar-refractivity contribution in [1.29, 1.82) is 0 Å². The van der Waals surface area contributed by atoms with Crippen molar-refractivity contribution in [2.45, 2.75) is 25.2 Å². The van der Waals surface area contributed by atoms with Gasteiger partial charge in [-0.25, -0.2) is 0 Å². The summed E-state index contributed by atoms with van der Waals surface area (Å²) in [6.45, 7) is 8.71. The summed E-state index contributed by atoms with van der Waals surface area (Å²) in [5, 5.41) is 3.44. The molecule has 2 aliphatic rings. The highest BCUT2D eigenvalue weighted by atomic mass is 32.2. The minimum absolute atomic E-state index is 1.02. The fourth-order valence-corrected chi connectivity index (χ4v) is 4.03. The van der Waals surface area contributed by atoms with E-state index in [1.54, 1.807) is 0 Å². The molecule has 22 heavy (non-hydrogen) atoms. The van der Waals surface area contributed by atoms with Gasteiger partial charge in [0.1, 0.15) is 0 Å². The monoisotopic (exact) mass is 312 g/mol. The van der Waals surface area contributed by atoms with E-state index in [0.717, 1.165) is 32.6 Å². The Morgan fingerprint density at radius 2 is 1.91 bits per heavy atom. The highest BCUT2D eigenvalue weighted by molar-refractivity contribution is 8.03. The first-order chi connectivity index (χ1) is 10.7. The molecule has 0 bridgehead atoms. The maximum absolute atomic E-state index is 3.44. The van der Waals surface area contributed by atoms with Crippen LogP contribution < -0.4 is 5.32 Å². The third kappa shape index (κ3) is 3.65. The average Bonchev–Trinajstić information content (AvgIpc) is 2.76. The quantitative estimate of drug-likeness (QED) is 0.907. The molecule has 0 atom stereocenters. The summed E-state index contributed by atoms with van der Waals surface area (Å²) in [7, 11) is 0. The van der Waals surface area contributed by atoms with Crippen molar-refractivity contribution in [3.05, 3.63) is 64.2 Å². The van der Waals surface area contributed by atoms with E-state index in [1.165, 1.54) is 26.6 Å². The van der Waals surface area contributed by atoms with Gasteiger partial charge < -0.3 is 10.2 Å². The van der Waals surface area contributed by atoms with E-state index in [-0.39, 0.29) is 0 Å². The van der Waals surface area contributed by atoms with Crippen LogP contribution in [0.1, 0.15) is 17.5 Å². The number of hydrogen-bond acceptors (Lipinski definition) is 3. The predicted molar refractivity (Wildman–Crippen MR) is 96.1 cm³/mol. The van der Waals surface area contributed by atoms with Crippen LogP contribution in [-0.4, -0.2) is 31.1 Å². The minimum atomic E-state index is 1.02. The molecule has 0 saturated carbocycles. The van der Waals surface area contributed by atoms with Crippen LogP contribution in [0.5, 0.6) is 0 Å². The average molecular weight is 312 g/mol. The Morgan fingerprint density at radius 3 is 2.68 bits per heavy atom. The maximum atomic E-state index is 3.44. The molecule has 116 valence electrons. The highest BCUT2D eigenvalue weighted by Crippen LogP contribution is 2.36. The van der Waals surface area contributed by atoms with E-state index in [1.807, 2.05) is 11.8 Å². The summed E-state index contributed by atoms with van der Waals surface area (Å²) in [6, 6.07) is 6.74. The number of allylic oxidation sites excluding steroid dienone is 5. The second kappa shape index (κ2) is 7.21. The van der Waals surface area contributed by atoms with Crippen molar-refractivity contribution >= 4 is 11.8 Å². The number of piperazine rings is 1. The van der Waals surface area contributed by atoms with Gasteiger partial charge in [0.05, 0.1) is 0 Å². The van der Waals surface area contributed by atoms with Crippen molar-refractivity contribution in [2.75, 3.05) is 26.2 Å². The van der Waals surface area contributed by atoms with Gasteiger partial charge in [0.15, 0.2) is 0 Å². The molecule has 3 heteroatoms. The van der Waals surface area contributed by atoms with Gasteiger partial charge in [-0.05, 0) is 38.0 Å². The van der Waals surface area contributed by atoms with Gasteiger partial charge in [-0.15, -0.1) is 0 Å². The maximum Gasteiger partial charge on any atom is 0.0470 e. The molecule has 0 amide bonds. The van der Waals surface area contributed by atoms with Crippen LogP contribution in [0, 0.1) is 13.8 Å². The first-order valence-corrected chi connectivity index (χ1v) is 8.83. The number of hydrogen-bond donors (Lipinski definition) is 1. The zero-order valence-electron chi connectivity index (χ0n) is 13.4. The van der Waals surface area contributed by atoms with Gasteiger partial charge in [-0.1, -0.05) is 47.7 Å². The molecule has 0 radical (unpaired) electrons. The van der Waals surface area contributed by atoms with Crippen LogP contribution in [0.4, 0.5) is 0 Å². The second-order valence-electron chi connectivity index (χ2n) is 5.91. The summed E-state index contributed by atoms with van der Waals surface area (Å²) >= 11 is 1.93. The SMILES string of the molecule is Cc1ccc(SC2=C(N3CCNCC3)C=CC=CC2)c(C)c1. The molecule has 2 nitrogen and oxygen atoms in total. The molecule has 1 aromatic carbocycles. The molecule has 1 saturated heterocycles. The molecular weight excluding hydrogens is 288 g/mol. The Labute approximate surface area is 138 Å². The van der Waals surface area contributed by atoms with Crippen molar-refractivity contribution in [2.24, 2.45) is 0 Å². The number of rotatable bonds is 3. The fraction of sp³-hybridized carbons (Fsp3) is 0.368. The van der Waals surface area contributed by atoms with Gasteiger partial charge in [0.2, 0.25) is 0 Å². The molecule has 0 spiro atoms. The Balaban J connectivity index is 1.90. The van der Waals surface area contributed by atoms with Crippen LogP contribution >= 0.6 is 11.8 Å². The summed E-state index contributed by atoms with van der Waals surface area (Å²) in [4.78, 5) is 5.35. The number of benzene rings is 1. The predicted octanol–water partition coefficient (Wildman–Crippen LogP) is 4.03. The third-order valence-electron chi connectivity index (χ3n) is 4.11. The number of nitrogens with zero attached hydrogens (tertiary/aromatic N) is 1. The molecule has 3 rings (SSSR count). The lowest BCUT2D eigenvalue weighted by Gasteiger charge is -2.31. The molecule has 0 unspecified atom stereocenters. The van der Waals surface area contributed by atoms with E-state index in [4.69, 9.17) is 0 Å². The molecule has 1 heterocycles. The van der Waals surface area contributed by atoms with Crippen LogP contribution in [0.3, 0.4) is 0 Å². The Morgan fingerprint density at radius 1 is 1.09 bits per heavy atom. The molecule has 1 aliphatic carbocycles. The van der Waals surface area contributed by atoms with Crippen LogP contribution in [0.15, 0.2) is 58.0 Å². The summed E-state index contributed by atoms with van der Waals surface area (Å²) in [6.07, 6.45) is 9.90. The summed E-state index contributed by atoms with van der Waals surface area (Å²) in [5.41, 5.74) is 4.10. The number of aryl methyl sites for hydroxylation is 2. The van der Waals surface area contributed by atoms with Gasteiger partial charge in [0.25, 0.3) is 0 Å². The standard InChI is InChI=1S/C19H24N2S/c1-15-8-9-18(16(2)14-15)22-19-7-5-3-4-6-17(19)21-12-10-20-11-13-21/h3-6,8-9,14,20H,7,10-13H2,1-2H3. The van der Waals surface area contributed by atoms with Gasteiger partial charge in [-0.3, -0.25) is 0 Å². The van der Waals surface area contributed by atoms with Crippen LogP contribution in [-0.2, 0) is 0 Å². The largest absolute Gasteiger partial charge is 0.368 e. The summed E-state index contributed by atoms with van der Waals surface area (Å²) in [5.74, 6) is 0. The van der Waals surface area contributed by atoms with Crippen molar-refractivity contribution in [3.63, 3.8) is 0 Å². The molecular formula is C19H24N2S. The van der Waals surface area contributed by atoms with Crippen molar-refractivity contribution in [3.8, 4) is 0 Å². The van der Waals surface area contributed by atoms with E-state index < -0.39 is 0 Å². The second-order valence-corrected chi connectivity index (χ2v) is 7.04. The zero-order valence-corrected chi connectivity index (χ0v) is 14.2. The van der Waals surface area contributed by atoms with Crippen molar-refractivity contribution < 1.29 is 0 Å². The lowest BCUT2D eigenvalue weighted by Crippen LogP contribution is -2.42. The van der Waals surface area contributed by atoms with Gasteiger partial charge in [-0.2, -0.15) is 0 Å². The Kier molecular flexibility index (Phi) is 5.06. The fourth-order valence-electron chi connectivity index (χ4n) is 2.93.